The minimum absolute atomic E-state index is 0.443. The van der Waals surface area contributed by atoms with Crippen molar-refractivity contribution in [2.75, 3.05) is 19.6 Å². The van der Waals surface area contributed by atoms with E-state index in [0.29, 0.717) is 6.54 Å². The molecule has 0 rings (SSSR count). The van der Waals surface area contributed by atoms with Crippen LogP contribution in [0.15, 0.2) is 0 Å². The fourth-order valence-electron chi connectivity index (χ4n) is 0.901. The van der Waals surface area contributed by atoms with E-state index in [1.165, 1.54) is 6.92 Å². The van der Waals surface area contributed by atoms with Gasteiger partial charge in [0.25, 0.3) is 0 Å². The molecule has 15 heavy (non-hydrogen) atoms. The maximum absolute atomic E-state index is 11.1. The number of urea groups is 1. The average molecular weight is 217 g/mol. The number of hydrogen-bond donors (Lipinski definition) is 4. The van der Waals surface area contributed by atoms with Crippen LogP contribution in [-0.4, -0.2) is 42.8 Å². The molecule has 1 atom stereocenters. The molecule has 0 spiro atoms. The summed E-state index contributed by atoms with van der Waals surface area (Å²) in [6.45, 7) is 5.70. The zero-order valence-corrected chi connectivity index (χ0v) is 9.17. The van der Waals surface area contributed by atoms with Crippen LogP contribution in [-0.2, 0) is 4.79 Å². The molecule has 0 aliphatic heterocycles. The number of carbonyl (C=O) groups excluding carboxylic acids is 1. The van der Waals surface area contributed by atoms with Crippen LogP contribution in [0.2, 0.25) is 0 Å². The first kappa shape index (κ1) is 13.7. The van der Waals surface area contributed by atoms with E-state index in [-0.39, 0.29) is 0 Å². The van der Waals surface area contributed by atoms with Crippen molar-refractivity contribution in [2.45, 2.75) is 26.3 Å². The van der Waals surface area contributed by atoms with E-state index in [9.17, 15) is 9.59 Å². The number of carboxylic acids is 1. The molecule has 88 valence electrons. The van der Waals surface area contributed by atoms with Gasteiger partial charge in [-0.2, -0.15) is 0 Å². The minimum Gasteiger partial charge on any atom is -0.480 e. The molecule has 0 bridgehead atoms. The van der Waals surface area contributed by atoms with Crippen molar-refractivity contribution in [3.63, 3.8) is 0 Å². The maximum Gasteiger partial charge on any atom is 0.325 e. The fraction of sp³-hybridized carbons (Fsp3) is 0.778. The number of hydrogen-bond acceptors (Lipinski definition) is 3. The fourth-order valence-corrected chi connectivity index (χ4v) is 0.901. The summed E-state index contributed by atoms with van der Waals surface area (Å²) >= 11 is 0. The van der Waals surface area contributed by atoms with Gasteiger partial charge in [-0.3, -0.25) is 4.79 Å². The number of aliphatic carboxylic acids is 1. The van der Waals surface area contributed by atoms with Gasteiger partial charge >= 0.3 is 12.0 Å². The molecule has 4 N–H and O–H groups in total. The van der Waals surface area contributed by atoms with Crippen LogP contribution in [0.5, 0.6) is 0 Å². The Morgan fingerprint density at radius 1 is 1.33 bits per heavy atom. The number of carboxylic acid groups (broad SMARTS) is 1. The topological polar surface area (TPSA) is 90.5 Å². The Morgan fingerprint density at radius 3 is 2.53 bits per heavy atom. The molecule has 2 amide bonds. The summed E-state index contributed by atoms with van der Waals surface area (Å²) in [4.78, 5) is 21.5. The summed E-state index contributed by atoms with van der Waals surface area (Å²) in [7, 11) is 0. The first-order valence-corrected chi connectivity index (χ1v) is 5.05. The van der Waals surface area contributed by atoms with Gasteiger partial charge in [0.1, 0.15) is 6.04 Å². The normalized spacial score (nSPS) is 11.9. The second kappa shape index (κ2) is 8.05. The summed E-state index contributed by atoms with van der Waals surface area (Å²) in [6.07, 6.45) is 0.822. The van der Waals surface area contributed by atoms with Crippen molar-refractivity contribution >= 4 is 12.0 Å². The lowest BCUT2D eigenvalue weighted by Gasteiger charge is -2.10. The van der Waals surface area contributed by atoms with E-state index in [2.05, 4.69) is 16.0 Å². The molecule has 0 aromatic carbocycles. The van der Waals surface area contributed by atoms with Crippen LogP contribution in [0.3, 0.4) is 0 Å². The number of carbonyl (C=O) groups is 2. The lowest BCUT2D eigenvalue weighted by Crippen LogP contribution is -2.44. The molecular formula is C9H19N3O3. The monoisotopic (exact) mass is 217 g/mol. The lowest BCUT2D eigenvalue weighted by molar-refractivity contribution is -0.138. The SMILES string of the molecule is CCNCCCNC(=O)NC(C)C(=O)O. The van der Waals surface area contributed by atoms with Crippen molar-refractivity contribution in [3.05, 3.63) is 0 Å². The summed E-state index contributed by atoms with van der Waals surface area (Å²) in [6, 6.07) is -1.31. The molecule has 6 heteroatoms. The third kappa shape index (κ3) is 7.75. The van der Waals surface area contributed by atoms with E-state index in [4.69, 9.17) is 5.11 Å². The number of amides is 2. The van der Waals surface area contributed by atoms with Crippen molar-refractivity contribution in [1.29, 1.82) is 0 Å². The van der Waals surface area contributed by atoms with E-state index >= 15 is 0 Å². The van der Waals surface area contributed by atoms with Crippen molar-refractivity contribution in [1.82, 2.24) is 16.0 Å². The van der Waals surface area contributed by atoms with Crippen LogP contribution in [0.25, 0.3) is 0 Å². The first-order chi connectivity index (χ1) is 7.07. The third-order valence-corrected chi connectivity index (χ3v) is 1.78. The molecule has 0 aliphatic carbocycles. The Morgan fingerprint density at radius 2 is 2.00 bits per heavy atom. The van der Waals surface area contributed by atoms with Gasteiger partial charge in [0.05, 0.1) is 0 Å². The first-order valence-electron chi connectivity index (χ1n) is 5.05. The molecule has 0 saturated carbocycles. The minimum atomic E-state index is -1.04. The van der Waals surface area contributed by atoms with Gasteiger partial charge in [-0.1, -0.05) is 6.92 Å². The average Bonchev–Trinajstić information content (AvgIpc) is 2.17. The number of rotatable bonds is 7. The Hall–Kier alpha value is -1.30. The smallest absolute Gasteiger partial charge is 0.325 e. The largest absolute Gasteiger partial charge is 0.480 e. The van der Waals surface area contributed by atoms with Gasteiger partial charge in [-0.25, -0.2) is 4.79 Å². The Labute approximate surface area is 89.4 Å². The molecule has 0 aromatic rings. The molecule has 0 heterocycles. The highest BCUT2D eigenvalue weighted by Gasteiger charge is 2.12. The molecule has 0 saturated heterocycles. The number of nitrogens with one attached hydrogen (secondary N) is 3. The lowest BCUT2D eigenvalue weighted by atomic mass is 10.3. The highest BCUT2D eigenvalue weighted by molar-refractivity contribution is 5.82. The quantitative estimate of drug-likeness (QED) is 0.443. The second-order valence-corrected chi connectivity index (χ2v) is 3.17. The molecular weight excluding hydrogens is 198 g/mol. The molecule has 1 unspecified atom stereocenters. The van der Waals surface area contributed by atoms with Crippen LogP contribution in [0.1, 0.15) is 20.3 Å². The van der Waals surface area contributed by atoms with Crippen LogP contribution in [0.4, 0.5) is 4.79 Å². The van der Waals surface area contributed by atoms with E-state index < -0.39 is 18.0 Å². The molecule has 0 radical (unpaired) electrons. The Bertz CT molecular complexity index is 209. The predicted octanol–water partition coefficient (Wildman–Crippen LogP) is -0.242. The van der Waals surface area contributed by atoms with E-state index in [1.54, 1.807) is 0 Å². The van der Waals surface area contributed by atoms with E-state index in [0.717, 1.165) is 19.5 Å². The molecule has 0 fully saturated rings. The standard InChI is InChI=1S/C9H19N3O3/c1-3-10-5-4-6-11-9(15)12-7(2)8(13)14/h7,10H,3-6H2,1-2H3,(H,13,14)(H2,11,12,15). The van der Waals surface area contributed by atoms with Crippen LogP contribution >= 0.6 is 0 Å². The zero-order valence-electron chi connectivity index (χ0n) is 9.17. The summed E-state index contributed by atoms with van der Waals surface area (Å²) < 4.78 is 0. The van der Waals surface area contributed by atoms with Gasteiger partial charge in [0.15, 0.2) is 0 Å². The van der Waals surface area contributed by atoms with Crippen molar-refractivity contribution in [2.24, 2.45) is 0 Å². The second-order valence-electron chi connectivity index (χ2n) is 3.17. The van der Waals surface area contributed by atoms with Crippen LogP contribution in [0, 0.1) is 0 Å². The summed E-state index contributed by atoms with van der Waals surface area (Å²) in [5.41, 5.74) is 0. The van der Waals surface area contributed by atoms with Gasteiger partial charge < -0.3 is 21.1 Å². The summed E-state index contributed by atoms with van der Waals surface area (Å²) in [5, 5.41) is 16.5. The van der Waals surface area contributed by atoms with Gasteiger partial charge in [0.2, 0.25) is 0 Å². The third-order valence-electron chi connectivity index (χ3n) is 1.78. The van der Waals surface area contributed by atoms with Crippen LogP contribution < -0.4 is 16.0 Å². The van der Waals surface area contributed by atoms with Gasteiger partial charge in [-0.05, 0) is 26.4 Å². The van der Waals surface area contributed by atoms with Crippen molar-refractivity contribution < 1.29 is 14.7 Å². The maximum atomic E-state index is 11.1. The Balaban J connectivity index is 3.45. The zero-order chi connectivity index (χ0) is 11.7. The van der Waals surface area contributed by atoms with Gasteiger partial charge in [-0.15, -0.1) is 0 Å². The van der Waals surface area contributed by atoms with Gasteiger partial charge in [0, 0.05) is 6.54 Å². The summed E-state index contributed by atoms with van der Waals surface area (Å²) in [5.74, 6) is -1.04. The predicted molar refractivity (Wildman–Crippen MR) is 56.8 cm³/mol. The molecule has 6 nitrogen and oxygen atoms in total. The Kier molecular flexibility index (Phi) is 7.35. The van der Waals surface area contributed by atoms with E-state index in [1.807, 2.05) is 6.92 Å². The molecule has 0 aliphatic rings. The highest BCUT2D eigenvalue weighted by atomic mass is 16.4. The van der Waals surface area contributed by atoms with Crippen molar-refractivity contribution in [3.8, 4) is 0 Å². The highest BCUT2D eigenvalue weighted by Crippen LogP contribution is 1.81. The molecule has 0 aromatic heterocycles.